The summed E-state index contributed by atoms with van der Waals surface area (Å²) in [6, 6.07) is 0.608. The molecule has 0 saturated carbocycles. The van der Waals surface area contributed by atoms with Gasteiger partial charge < -0.3 is 19.7 Å². The summed E-state index contributed by atoms with van der Waals surface area (Å²) in [5, 5.41) is 12.1. The number of amides is 1. The number of methoxy groups -OCH3 is 1. The van der Waals surface area contributed by atoms with Crippen molar-refractivity contribution < 1.29 is 19.4 Å². The van der Waals surface area contributed by atoms with E-state index in [-0.39, 0.29) is 0 Å². The van der Waals surface area contributed by atoms with E-state index in [1.54, 1.807) is 23.9 Å². The van der Waals surface area contributed by atoms with E-state index in [9.17, 15) is 9.59 Å². The number of carboxylic acid groups (broad SMARTS) is 1. The predicted octanol–water partition coefficient (Wildman–Crippen LogP) is 2.16. The first-order chi connectivity index (χ1) is 9.99. The lowest BCUT2D eigenvalue weighted by Crippen LogP contribution is -2.41. The third-order valence-electron chi connectivity index (χ3n) is 3.01. The molecule has 1 heterocycles. The molecule has 0 bridgehead atoms. The van der Waals surface area contributed by atoms with Gasteiger partial charge in [0.05, 0.1) is 5.02 Å². The van der Waals surface area contributed by atoms with E-state index in [2.05, 4.69) is 5.32 Å². The second-order valence-corrected chi connectivity index (χ2v) is 5.17. The molecule has 0 aliphatic heterocycles. The Morgan fingerprint density at radius 3 is 2.81 bits per heavy atom. The average Bonchev–Trinajstić information content (AvgIpc) is 2.79. The van der Waals surface area contributed by atoms with Crippen LogP contribution in [-0.4, -0.2) is 41.3 Å². The summed E-state index contributed by atoms with van der Waals surface area (Å²) in [4.78, 5) is 23.4. The molecule has 0 saturated heterocycles. The average molecular weight is 317 g/mol. The van der Waals surface area contributed by atoms with Gasteiger partial charge in [0.1, 0.15) is 11.7 Å². The van der Waals surface area contributed by atoms with Crippen LogP contribution in [0.1, 0.15) is 36.7 Å². The number of aryl methyl sites for hydroxylation is 1. The normalized spacial score (nSPS) is 12.1. The Balaban J connectivity index is 2.74. The van der Waals surface area contributed by atoms with E-state index in [1.165, 1.54) is 0 Å². The molecule has 1 rings (SSSR count). The molecular weight excluding hydrogens is 296 g/mol. The minimum absolute atomic E-state index is 0.317. The maximum atomic E-state index is 12.2. The van der Waals surface area contributed by atoms with Gasteiger partial charge in [-0.2, -0.15) is 0 Å². The fraction of sp³-hybridized carbons (Fsp3) is 0.571. The highest BCUT2D eigenvalue weighted by molar-refractivity contribution is 6.31. The number of aliphatic carboxylic acids is 1. The molecule has 0 radical (unpaired) electrons. The number of carbonyl (C=O) groups is 2. The van der Waals surface area contributed by atoms with E-state index in [4.69, 9.17) is 21.4 Å². The largest absolute Gasteiger partial charge is 0.480 e. The fourth-order valence-corrected chi connectivity index (χ4v) is 2.23. The Hall–Kier alpha value is -1.53. The zero-order valence-corrected chi connectivity index (χ0v) is 13.0. The standard InChI is InChI=1S/C14H21ClN2O4/c1-3-6-17-9-10(15)8-12(17)13(18)16-11(14(19)20)5-4-7-21-2/h8-9,11H,3-7H2,1-2H3,(H,16,18)(H,19,20). The number of carbonyl (C=O) groups excluding carboxylic acids is 1. The first-order valence-electron chi connectivity index (χ1n) is 6.87. The van der Waals surface area contributed by atoms with Gasteiger partial charge in [0, 0.05) is 26.5 Å². The molecule has 0 fully saturated rings. The summed E-state index contributed by atoms with van der Waals surface area (Å²) in [5.74, 6) is -1.49. The first-order valence-corrected chi connectivity index (χ1v) is 7.25. The minimum Gasteiger partial charge on any atom is -0.480 e. The van der Waals surface area contributed by atoms with Gasteiger partial charge in [-0.1, -0.05) is 18.5 Å². The summed E-state index contributed by atoms with van der Waals surface area (Å²) < 4.78 is 6.62. The van der Waals surface area contributed by atoms with Crippen molar-refractivity contribution >= 4 is 23.5 Å². The highest BCUT2D eigenvalue weighted by Gasteiger charge is 2.22. The van der Waals surface area contributed by atoms with Gasteiger partial charge in [-0.25, -0.2) is 4.79 Å². The molecule has 1 unspecified atom stereocenters. The Bertz CT molecular complexity index is 487. The molecule has 2 N–H and O–H groups in total. The third-order valence-corrected chi connectivity index (χ3v) is 3.21. The first kappa shape index (κ1) is 17.5. The number of hydrogen-bond acceptors (Lipinski definition) is 3. The van der Waals surface area contributed by atoms with Crippen molar-refractivity contribution in [1.82, 2.24) is 9.88 Å². The molecule has 21 heavy (non-hydrogen) atoms. The number of rotatable bonds is 9. The van der Waals surface area contributed by atoms with Crippen molar-refractivity contribution in [3.05, 3.63) is 23.0 Å². The SMILES string of the molecule is CCCn1cc(Cl)cc1C(=O)NC(CCCOC)C(=O)O. The van der Waals surface area contributed by atoms with Crippen LogP contribution < -0.4 is 5.32 Å². The van der Waals surface area contributed by atoms with Crippen molar-refractivity contribution in [2.75, 3.05) is 13.7 Å². The molecule has 1 amide bonds. The Morgan fingerprint density at radius 1 is 1.52 bits per heavy atom. The van der Waals surface area contributed by atoms with Gasteiger partial charge in [-0.05, 0) is 25.3 Å². The summed E-state index contributed by atoms with van der Waals surface area (Å²) >= 11 is 5.91. The third kappa shape index (κ3) is 5.40. The molecule has 1 aromatic heterocycles. The van der Waals surface area contributed by atoms with Crippen molar-refractivity contribution in [1.29, 1.82) is 0 Å². The maximum Gasteiger partial charge on any atom is 0.326 e. The van der Waals surface area contributed by atoms with Crippen molar-refractivity contribution in [3.63, 3.8) is 0 Å². The molecule has 0 aromatic carbocycles. The Labute approximate surface area is 129 Å². The number of hydrogen-bond donors (Lipinski definition) is 2. The van der Waals surface area contributed by atoms with Gasteiger partial charge in [0.2, 0.25) is 0 Å². The van der Waals surface area contributed by atoms with Crippen LogP contribution in [0.3, 0.4) is 0 Å². The lowest BCUT2D eigenvalue weighted by atomic mass is 10.1. The minimum atomic E-state index is -1.06. The second kappa shape index (κ2) is 8.69. The van der Waals surface area contributed by atoms with Crippen LogP contribution in [0.25, 0.3) is 0 Å². The summed E-state index contributed by atoms with van der Waals surface area (Å²) in [7, 11) is 1.55. The molecule has 118 valence electrons. The number of nitrogens with one attached hydrogen (secondary N) is 1. The van der Waals surface area contributed by atoms with E-state index < -0.39 is 17.9 Å². The molecule has 0 spiro atoms. The zero-order valence-electron chi connectivity index (χ0n) is 12.3. The summed E-state index contributed by atoms with van der Waals surface area (Å²) in [6.45, 7) is 3.09. The van der Waals surface area contributed by atoms with Gasteiger partial charge >= 0.3 is 5.97 Å². The van der Waals surface area contributed by atoms with Crippen LogP contribution in [-0.2, 0) is 16.1 Å². The fourth-order valence-electron chi connectivity index (χ4n) is 2.01. The molecule has 0 aliphatic rings. The highest BCUT2D eigenvalue weighted by Crippen LogP contribution is 2.15. The van der Waals surface area contributed by atoms with Gasteiger partial charge in [-0.3, -0.25) is 4.79 Å². The number of ether oxygens (including phenoxy) is 1. The summed E-state index contributed by atoms with van der Waals surface area (Å²) in [5.41, 5.74) is 0.375. The predicted molar refractivity (Wildman–Crippen MR) is 79.7 cm³/mol. The molecule has 1 aromatic rings. The number of halogens is 1. The van der Waals surface area contributed by atoms with E-state index >= 15 is 0 Å². The highest BCUT2D eigenvalue weighted by atomic mass is 35.5. The topological polar surface area (TPSA) is 80.6 Å². The van der Waals surface area contributed by atoms with Crippen LogP contribution >= 0.6 is 11.6 Å². The molecule has 1 atom stereocenters. The Morgan fingerprint density at radius 2 is 2.24 bits per heavy atom. The molecule has 0 aliphatic carbocycles. The van der Waals surface area contributed by atoms with Crippen molar-refractivity contribution in [2.45, 2.75) is 38.8 Å². The van der Waals surface area contributed by atoms with Crippen LogP contribution in [0.4, 0.5) is 0 Å². The maximum absolute atomic E-state index is 12.2. The van der Waals surface area contributed by atoms with Crippen LogP contribution in [0.5, 0.6) is 0 Å². The van der Waals surface area contributed by atoms with Gasteiger partial charge in [0.15, 0.2) is 0 Å². The second-order valence-electron chi connectivity index (χ2n) is 4.74. The van der Waals surface area contributed by atoms with Crippen LogP contribution in [0, 0.1) is 0 Å². The number of aromatic nitrogens is 1. The van der Waals surface area contributed by atoms with E-state index in [0.717, 1.165) is 6.42 Å². The smallest absolute Gasteiger partial charge is 0.326 e. The molecule has 7 heteroatoms. The lowest BCUT2D eigenvalue weighted by molar-refractivity contribution is -0.139. The number of carboxylic acids is 1. The quantitative estimate of drug-likeness (QED) is 0.684. The van der Waals surface area contributed by atoms with Gasteiger partial charge in [-0.15, -0.1) is 0 Å². The van der Waals surface area contributed by atoms with Gasteiger partial charge in [0.25, 0.3) is 5.91 Å². The molecular formula is C14H21ClN2O4. The lowest BCUT2D eigenvalue weighted by Gasteiger charge is -2.15. The summed E-state index contributed by atoms with van der Waals surface area (Å²) in [6.07, 6.45) is 3.39. The van der Waals surface area contributed by atoms with E-state index in [0.29, 0.717) is 36.7 Å². The molecule has 6 nitrogen and oxygen atoms in total. The Kier molecular flexibility index (Phi) is 7.25. The monoisotopic (exact) mass is 316 g/mol. The van der Waals surface area contributed by atoms with Crippen molar-refractivity contribution in [3.8, 4) is 0 Å². The number of nitrogens with zero attached hydrogens (tertiary/aromatic N) is 1. The van der Waals surface area contributed by atoms with Crippen molar-refractivity contribution in [2.24, 2.45) is 0 Å². The zero-order chi connectivity index (χ0) is 15.8. The van der Waals surface area contributed by atoms with Crippen LogP contribution in [0.15, 0.2) is 12.3 Å². The van der Waals surface area contributed by atoms with E-state index in [1.807, 2.05) is 6.92 Å². The van der Waals surface area contributed by atoms with Crippen LogP contribution in [0.2, 0.25) is 5.02 Å².